The van der Waals surface area contributed by atoms with Crippen molar-refractivity contribution < 1.29 is 22.7 Å². The summed E-state index contributed by atoms with van der Waals surface area (Å²) in [5.41, 5.74) is 1.11. The summed E-state index contributed by atoms with van der Waals surface area (Å²) in [4.78, 5) is 34.6. The standard InChI is InChI=1S/C20H25ClN4O5S2/c1-3-10-32(28,29)20-23-11-13(21)16(24-20)18(27)25-19-15(17(26)22-8-9-30-2)12-6-4-5-7-14(12)31-19/h11H,3-10H2,1-2H3,(H,22,26)(H,25,27). The van der Waals surface area contributed by atoms with E-state index in [9.17, 15) is 18.0 Å². The highest BCUT2D eigenvalue weighted by Crippen LogP contribution is 2.38. The Hall–Kier alpha value is -2.08. The molecule has 0 atom stereocenters. The molecule has 3 rings (SSSR count). The number of sulfone groups is 1. The molecule has 32 heavy (non-hydrogen) atoms. The summed E-state index contributed by atoms with van der Waals surface area (Å²) in [7, 11) is -2.18. The normalized spacial score (nSPS) is 13.5. The quantitative estimate of drug-likeness (QED) is 0.400. The second kappa shape index (κ2) is 10.7. The number of nitrogens with one attached hydrogen (secondary N) is 2. The lowest BCUT2D eigenvalue weighted by atomic mass is 9.95. The highest BCUT2D eigenvalue weighted by molar-refractivity contribution is 7.91. The van der Waals surface area contributed by atoms with Gasteiger partial charge in [-0.1, -0.05) is 18.5 Å². The molecule has 0 fully saturated rings. The average molecular weight is 501 g/mol. The van der Waals surface area contributed by atoms with E-state index < -0.39 is 20.9 Å². The van der Waals surface area contributed by atoms with E-state index in [4.69, 9.17) is 16.3 Å². The smallest absolute Gasteiger partial charge is 0.276 e. The topological polar surface area (TPSA) is 127 Å². The number of thiophene rings is 1. The van der Waals surface area contributed by atoms with Crippen LogP contribution in [0.2, 0.25) is 5.02 Å². The number of halogens is 1. The summed E-state index contributed by atoms with van der Waals surface area (Å²) < 4.78 is 29.6. The fraction of sp³-hybridized carbons (Fsp3) is 0.500. The van der Waals surface area contributed by atoms with E-state index >= 15 is 0 Å². The fourth-order valence-corrected chi connectivity index (χ4v) is 6.05. The molecule has 2 aromatic heterocycles. The third kappa shape index (κ3) is 5.45. The molecule has 1 aliphatic rings. The second-order valence-electron chi connectivity index (χ2n) is 7.29. The number of amides is 2. The van der Waals surface area contributed by atoms with Gasteiger partial charge in [0.2, 0.25) is 15.0 Å². The van der Waals surface area contributed by atoms with Crippen molar-refractivity contribution in [1.29, 1.82) is 0 Å². The molecule has 0 spiro atoms. The Kier molecular flexibility index (Phi) is 8.21. The molecule has 1 aliphatic carbocycles. The van der Waals surface area contributed by atoms with Crippen molar-refractivity contribution >= 4 is 49.6 Å². The molecule has 12 heteroatoms. The van der Waals surface area contributed by atoms with Gasteiger partial charge in [-0.15, -0.1) is 11.3 Å². The van der Waals surface area contributed by atoms with Crippen LogP contribution in [0, 0.1) is 0 Å². The number of ether oxygens (including phenoxy) is 1. The molecule has 0 saturated heterocycles. The maximum Gasteiger partial charge on any atom is 0.276 e. The number of fused-ring (bicyclic) bond motifs is 1. The van der Waals surface area contributed by atoms with Crippen molar-refractivity contribution in [2.45, 2.75) is 44.2 Å². The lowest BCUT2D eigenvalue weighted by molar-refractivity contribution is 0.0937. The van der Waals surface area contributed by atoms with Crippen molar-refractivity contribution in [1.82, 2.24) is 15.3 Å². The minimum Gasteiger partial charge on any atom is -0.383 e. The van der Waals surface area contributed by atoms with Gasteiger partial charge in [-0.3, -0.25) is 9.59 Å². The monoisotopic (exact) mass is 500 g/mol. The predicted molar refractivity (Wildman–Crippen MR) is 123 cm³/mol. The Morgan fingerprint density at radius 1 is 1.25 bits per heavy atom. The van der Waals surface area contributed by atoms with Gasteiger partial charge in [0.05, 0.1) is 29.1 Å². The summed E-state index contributed by atoms with van der Waals surface area (Å²) in [5, 5.41) is 5.40. The van der Waals surface area contributed by atoms with Crippen LogP contribution in [0.25, 0.3) is 0 Å². The van der Waals surface area contributed by atoms with E-state index in [1.807, 2.05) is 0 Å². The lowest BCUT2D eigenvalue weighted by Gasteiger charge is -2.13. The molecule has 9 nitrogen and oxygen atoms in total. The Morgan fingerprint density at radius 2 is 2.00 bits per heavy atom. The number of carbonyl (C=O) groups is 2. The summed E-state index contributed by atoms with van der Waals surface area (Å²) in [6, 6.07) is 0. The predicted octanol–water partition coefficient (Wildman–Crippen LogP) is 2.88. The summed E-state index contributed by atoms with van der Waals surface area (Å²) in [6.45, 7) is 2.42. The summed E-state index contributed by atoms with van der Waals surface area (Å²) in [6.07, 6.45) is 5.06. The third-order valence-corrected chi connectivity index (χ3v) is 8.09. The zero-order valence-electron chi connectivity index (χ0n) is 17.9. The number of nitrogens with zero attached hydrogens (tertiary/aromatic N) is 2. The zero-order chi connectivity index (χ0) is 23.3. The minimum absolute atomic E-state index is 0.0784. The van der Waals surface area contributed by atoms with Crippen LogP contribution in [-0.4, -0.2) is 56.2 Å². The number of hydrogen-bond acceptors (Lipinski definition) is 8. The van der Waals surface area contributed by atoms with Crippen molar-refractivity contribution in [2.24, 2.45) is 0 Å². The van der Waals surface area contributed by atoms with Crippen LogP contribution in [0.15, 0.2) is 11.4 Å². The van der Waals surface area contributed by atoms with Crippen LogP contribution in [0.4, 0.5) is 5.00 Å². The first-order valence-corrected chi connectivity index (χ1v) is 13.1. The van der Waals surface area contributed by atoms with Gasteiger partial charge in [0.25, 0.3) is 11.8 Å². The van der Waals surface area contributed by atoms with Gasteiger partial charge in [-0.25, -0.2) is 18.4 Å². The van der Waals surface area contributed by atoms with Gasteiger partial charge < -0.3 is 15.4 Å². The van der Waals surface area contributed by atoms with Gasteiger partial charge >= 0.3 is 0 Å². The van der Waals surface area contributed by atoms with Crippen LogP contribution in [0.1, 0.15) is 57.5 Å². The first-order chi connectivity index (χ1) is 15.3. The largest absolute Gasteiger partial charge is 0.383 e. The van der Waals surface area contributed by atoms with Crippen molar-refractivity contribution in [3.05, 3.63) is 32.9 Å². The van der Waals surface area contributed by atoms with Crippen molar-refractivity contribution in [3.63, 3.8) is 0 Å². The molecule has 0 aliphatic heterocycles. The highest BCUT2D eigenvalue weighted by atomic mass is 35.5. The number of rotatable bonds is 9. The molecular weight excluding hydrogens is 476 g/mol. The van der Waals surface area contributed by atoms with Crippen LogP contribution in [0.5, 0.6) is 0 Å². The molecule has 0 saturated carbocycles. The Balaban J connectivity index is 1.93. The number of aryl methyl sites for hydroxylation is 1. The molecule has 2 aromatic rings. The number of methoxy groups -OCH3 is 1. The molecule has 2 heterocycles. The molecule has 174 valence electrons. The Morgan fingerprint density at radius 3 is 2.72 bits per heavy atom. The van der Waals surface area contributed by atoms with Crippen LogP contribution < -0.4 is 10.6 Å². The number of carbonyl (C=O) groups excluding carboxylic acids is 2. The van der Waals surface area contributed by atoms with Gasteiger partial charge in [-0.05, 0) is 37.7 Å². The summed E-state index contributed by atoms with van der Waals surface area (Å²) in [5.74, 6) is -1.13. The van der Waals surface area contributed by atoms with Crippen LogP contribution in [-0.2, 0) is 27.4 Å². The maximum atomic E-state index is 13.0. The lowest BCUT2D eigenvalue weighted by Crippen LogP contribution is -2.29. The van der Waals surface area contributed by atoms with Crippen LogP contribution in [0.3, 0.4) is 0 Å². The maximum absolute atomic E-state index is 13.0. The third-order valence-electron chi connectivity index (χ3n) is 4.91. The molecule has 0 aromatic carbocycles. The van der Waals surface area contributed by atoms with E-state index in [0.717, 1.165) is 42.3 Å². The average Bonchev–Trinajstić information content (AvgIpc) is 3.11. The van der Waals surface area contributed by atoms with Gasteiger partial charge in [-0.2, -0.15) is 0 Å². The highest BCUT2D eigenvalue weighted by Gasteiger charge is 2.28. The molecular formula is C20H25ClN4O5S2. The van der Waals surface area contributed by atoms with E-state index in [0.29, 0.717) is 30.1 Å². The Labute approximate surface area is 195 Å². The first-order valence-electron chi connectivity index (χ1n) is 10.3. The zero-order valence-corrected chi connectivity index (χ0v) is 20.3. The minimum atomic E-state index is -3.73. The fourth-order valence-electron chi connectivity index (χ4n) is 3.43. The number of hydrogen-bond donors (Lipinski definition) is 2. The van der Waals surface area contributed by atoms with Crippen LogP contribution >= 0.6 is 22.9 Å². The number of aromatic nitrogens is 2. The second-order valence-corrected chi connectivity index (χ2v) is 10.8. The van der Waals surface area contributed by atoms with E-state index in [1.54, 1.807) is 14.0 Å². The first kappa shape index (κ1) is 24.6. The van der Waals surface area contributed by atoms with Crippen molar-refractivity contribution in [3.8, 4) is 0 Å². The molecule has 0 unspecified atom stereocenters. The molecule has 0 radical (unpaired) electrons. The van der Waals surface area contributed by atoms with E-state index in [2.05, 4.69) is 20.6 Å². The molecule has 2 amide bonds. The van der Waals surface area contributed by atoms with Gasteiger partial charge in [0.1, 0.15) is 5.00 Å². The number of anilines is 1. The SMILES string of the molecule is CCCS(=O)(=O)c1ncc(Cl)c(C(=O)Nc2sc3c(c2C(=O)NCCOC)CCCC3)n1. The Bertz CT molecular complexity index is 1120. The summed E-state index contributed by atoms with van der Waals surface area (Å²) >= 11 is 7.45. The molecule has 2 N–H and O–H groups in total. The van der Waals surface area contributed by atoms with Gasteiger partial charge in [0, 0.05) is 18.5 Å². The van der Waals surface area contributed by atoms with E-state index in [-0.39, 0.29) is 22.4 Å². The van der Waals surface area contributed by atoms with Gasteiger partial charge in [0.15, 0.2) is 5.69 Å². The van der Waals surface area contributed by atoms with E-state index in [1.165, 1.54) is 11.3 Å². The van der Waals surface area contributed by atoms with Crippen molar-refractivity contribution in [2.75, 3.05) is 31.3 Å². The molecule has 0 bridgehead atoms.